The fraction of sp³-hybridized carbons (Fsp3) is 0.750. The Morgan fingerprint density at radius 3 is 1.74 bits per heavy atom. The zero-order valence-electron chi connectivity index (χ0n) is 15.8. The number of aliphatic imine (C=N–C) groups is 2. The molecule has 1 N–H and O–H groups in total. The van der Waals surface area contributed by atoms with Crippen LogP contribution >= 0.6 is 0 Å². The van der Waals surface area contributed by atoms with E-state index in [1.54, 1.807) is 12.2 Å². The molecule has 0 spiro atoms. The largest absolute Gasteiger partial charge is 0.460 e. The fourth-order valence-corrected chi connectivity index (χ4v) is 3.84. The van der Waals surface area contributed by atoms with Crippen molar-refractivity contribution in [3.8, 4) is 0 Å². The van der Waals surface area contributed by atoms with Crippen LogP contribution in [0.5, 0.6) is 0 Å². The van der Waals surface area contributed by atoms with Gasteiger partial charge >= 0.3 is 5.97 Å². The number of isocyanates is 2. The average molecular weight is 378 g/mol. The van der Waals surface area contributed by atoms with E-state index in [0.717, 1.165) is 43.6 Å². The van der Waals surface area contributed by atoms with Crippen LogP contribution in [0.25, 0.3) is 0 Å². The number of aliphatic hydroxyl groups excluding tert-OH is 1. The lowest BCUT2D eigenvalue weighted by Gasteiger charge is -2.31. The van der Waals surface area contributed by atoms with Gasteiger partial charge in [0.15, 0.2) is 0 Å². The molecule has 2 fully saturated rings. The van der Waals surface area contributed by atoms with Gasteiger partial charge in [-0.05, 0) is 69.6 Å². The van der Waals surface area contributed by atoms with E-state index in [1.807, 2.05) is 0 Å². The van der Waals surface area contributed by atoms with Gasteiger partial charge in [-0.3, -0.25) is 0 Å². The third kappa shape index (κ3) is 10.00. The van der Waals surface area contributed by atoms with E-state index < -0.39 is 5.97 Å². The normalized spacial score (nSPS) is 27.0. The molecule has 7 nitrogen and oxygen atoms in total. The molecule has 0 heterocycles. The summed E-state index contributed by atoms with van der Waals surface area (Å²) >= 11 is 0. The molecule has 0 saturated heterocycles. The number of nitrogens with zero attached hydrogens (tertiary/aromatic N) is 2. The first-order valence-corrected chi connectivity index (χ1v) is 9.66. The molecule has 0 aromatic heterocycles. The summed E-state index contributed by atoms with van der Waals surface area (Å²) in [5, 5.41) is 8.10. The molecule has 0 atom stereocenters. The zero-order chi connectivity index (χ0) is 19.9. The highest BCUT2D eigenvalue weighted by Crippen LogP contribution is 2.36. The summed E-state index contributed by atoms with van der Waals surface area (Å²) < 4.78 is 4.33. The number of carbonyl (C=O) groups excluding carboxylic acids is 3. The number of rotatable bonds is 7. The molecule has 2 aliphatic carbocycles. The first kappa shape index (κ1) is 23.0. The Balaban J connectivity index is 0.000000387. The van der Waals surface area contributed by atoms with Crippen molar-refractivity contribution in [1.29, 1.82) is 0 Å². The molecule has 0 bridgehead atoms. The van der Waals surface area contributed by atoms with Gasteiger partial charge in [0.05, 0.1) is 18.7 Å². The minimum absolute atomic E-state index is 0.0465. The maximum absolute atomic E-state index is 10.2. The Morgan fingerprint density at radius 2 is 1.41 bits per heavy atom. The molecule has 7 heteroatoms. The molecule has 0 aliphatic heterocycles. The molecule has 0 aromatic carbocycles. The standard InChI is InChI=1S/C15H22N2O2.C5H8O3/c18-10-16-14-5-1-12(2-6-14)9-13-3-7-15(8-4-13)17-11-19;1-2-5(7)8-4-3-6/h12-15H,1-9H2;2,6H,1,3-4H2. The third-order valence-corrected chi connectivity index (χ3v) is 5.27. The van der Waals surface area contributed by atoms with Crippen LogP contribution in [-0.4, -0.2) is 48.5 Å². The molecule has 2 aliphatic rings. The summed E-state index contributed by atoms with van der Waals surface area (Å²) in [6.45, 7) is 3.06. The van der Waals surface area contributed by atoms with E-state index >= 15 is 0 Å². The van der Waals surface area contributed by atoms with E-state index in [0.29, 0.717) is 0 Å². The highest BCUT2D eigenvalue weighted by atomic mass is 16.5. The Labute approximate surface area is 160 Å². The molecule has 27 heavy (non-hydrogen) atoms. The van der Waals surface area contributed by atoms with E-state index in [4.69, 9.17) is 5.11 Å². The van der Waals surface area contributed by atoms with Gasteiger partial charge in [-0.2, -0.15) is 0 Å². The summed E-state index contributed by atoms with van der Waals surface area (Å²) in [5.41, 5.74) is 0. The van der Waals surface area contributed by atoms with E-state index in [-0.39, 0.29) is 25.3 Å². The second kappa shape index (κ2) is 14.0. The van der Waals surface area contributed by atoms with Crippen molar-refractivity contribution >= 4 is 18.1 Å². The molecule has 150 valence electrons. The van der Waals surface area contributed by atoms with Crippen molar-refractivity contribution in [2.75, 3.05) is 13.2 Å². The van der Waals surface area contributed by atoms with Crippen LogP contribution in [-0.2, 0) is 19.1 Å². The van der Waals surface area contributed by atoms with Crippen molar-refractivity contribution < 1.29 is 24.2 Å². The van der Waals surface area contributed by atoms with E-state index in [1.165, 1.54) is 32.1 Å². The summed E-state index contributed by atoms with van der Waals surface area (Å²) in [7, 11) is 0. The van der Waals surface area contributed by atoms with Crippen molar-refractivity contribution in [3.63, 3.8) is 0 Å². The quantitative estimate of drug-likeness (QED) is 0.317. The topological polar surface area (TPSA) is 105 Å². The van der Waals surface area contributed by atoms with Crippen LogP contribution in [0.1, 0.15) is 57.8 Å². The lowest BCUT2D eigenvalue weighted by molar-refractivity contribution is -0.138. The number of hydrogen-bond donors (Lipinski definition) is 1. The SMILES string of the molecule is C=CC(=O)OCCO.O=C=NC1CCC(CC2CCC(N=C=O)CC2)CC1. The van der Waals surface area contributed by atoms with Crippen LogP contribution < -0.4 is 0 Å². The minimum atomic E-state index is -0.501. The second-order valence-corrected chi connectivity index (χ2v) is 7.12. The van der Waals surface area contributed by atoms with Gasteiger partial charge in [0.2, 0.25) is 12.2 Å². The van der Waals surface area contributed by atoms with Crippen molar-refractivity contribution in [2.24, 2.45) is 21.8 Å². The monoisotopic (exact) mass is 378 g/mol. The zero-order valence-corrected chi connectivity index (χ0v) is 15.8. The lowest BCUT2D eigenvalue weighted by Crippen LogP contribution is -2.23. The van der Waals surface area contributed by atoms with Gasteiger partial charge in [0.25, 0.3) is 0 Å². The van der Waals surface area contributed by atoms with Crippen LogP contribution in [0.2, 0.25) is 0 Å². The highest BCUT2D eigenvalue weighted by Gasteiger charge is 2.26. The number of aliphatic hydroxyl groups is 1. The predicted molar refractivity (Wildman–Crippen MR) is 101 cm³/mol. The number of carbonyl (C=O) groups is 1. The van der Waals surface area contributed by atoms with Gasteiger partial charge < -0.3 is 9.84 Å². The average Bonchev–Trinajstić information content (AvgIpc) is 2.70. The maximum atomic E-state index is 10.2. The summed E-state index contributed by atoms with van der Waals surface area (Å²) in [4.78, 5) is 38.3. The highest BCUT2D eigenvalue weighted by molar-refractivity contribution is 5.81. The Morgan fingerprint density at radius 1 is 0.963 bits per heavy atom. The molecule has 2 saturated carbocycles. The van der Waals surface area contributed by atoms with Gasteiger partial charge in [-0.1, -0.05) is 6.58 Å². The Kier molecular flexibility index (Phi) is 11.9. The van der Waals surface area contributed by atoms with Gasteiger partial charge in [-0.25, -0.2) is 24.4 Å². The Hall–Kier alpha value is -2.07. The van der Waals surface area contributed by atoms with Gasteiger partial charge in [0.1, 0.15) is 6.61 Å². The number of esters is 1. The molecule has 0 aromatic rings. The first-order valence-electron chi connectivity index (χ1n) is 9.66. The van der Waals surface area contributed by atoms with Gasteiger partial charge in [0, 0.05) is 6.08 Å². The smallest absolute Gasteiger partial charge is 0.330 e. The Bertz CT molecular complexity index is 501. The fourth-order valence-electron chi connectivity index (χ4n) is 3.84. The van der Waals surface area contributed by atoms with Crippen LogP contribution in [0.3, 0.4) is 0 Å². The summed E-state index contributed by atoms with van der Waals surface area (Å²) in [6.07, 6.45) is 14.7. The first-order chi connectivity index (χ1) is 13.1. The van der Waals surface area contributed by atoms with E-state index in [2.05, 4.69) is 21.3 Å². The van der Waals surface area contributed by atoms with Crippen LogP contribution in [0.15, 0.2) is 22.6 Å². The lowest BCUT2D eigenvalue weighted by atomic mass is 9.76. The van der Waals surface area contributed by atoms with Crippen molar-refractivity contribution in [3.05, 3.63) is 12.7 Å². The minimum Gasteiger partial charge on any atom is -0.460 e. The second-order valence-electron chi connectivity index (χ2n) is 7.12. The van der Waals surface area contributed by atoms with Crippen LogP contribution in [0, 0.1) is 11.8 Å². The van der Waals surface area contributed by atoms with E-state index in [9.17, 15) is 14.4 Å². The molecule has 0 unspecified atom stereocenters. The molecule has 0 amide bonds. The molecule has 0 radical (unpaired) electrons. The van der Waals surface area contributed by atoms with Crippen LogP contribution in [0.4, 0.5) is 0 Å². The number of ether oxygens (including phenoxy) is 1. The predicted octanol–water partition coefficient (Wildman–Crippen LogP) is 2.87. The number of hydrogen-bond acceptors (Lipinski definition) is 7. The summed E-state index contributed by atoms with van der Waals surface area (Å²) in [6, 6.07) is 0.456. The van der Waals surface area contributed by atoms with Gasteiger partial charge in [-0.15, -0.1) is 0 Å². The van der Waals surface area contributed by atoms with Crippen molar-refractivity contribution in [2.45, 2.75) is 69.9 Å². The third-order valence-electron chi connectivity index (χ3n) is 5.27. The van der Waals surface area contributed by atoms with Crippen molar-refractivity contribution in [1.82, 2.24) is 0 Å². The maximum Gasteiger partial charge on any atom is 0.330 e. The molecular weight excluding hydrogens is 348 g/mol. The molecular formula is C20H30N2O5. The molecule has 2 rings (SSSR count). The summed E-state index contributed by atoms with van der Waals surface area (Å²) in [5.74, 6) is 1.10.